The van der Waals surface area contributed by atoms with Crippen LogP contribution in [-0.2, 0) is 0 Å². The molecule has 1 amide bonds. The maximum atomic E-state index is 12.0. The van der Waals surface area contributed by atoms with Crippen molar-refractivity contribution in [3.63, 3.8) is 0 Å². The number of carbonyl (C=O) groups excluding carboxylic acids is 1. The van der Waals surface area contributed by atoms with Crippen molar-refractivity contribution in [2.45, 2.75) is 24.8 Å². The highest BCUT2D eigenvalue weighted by Crippen LogP contribution is 2.32. The standard InChI is InChI=1S/C11H12Cl2N2O2/c12-8-5-14-9(13)4-7(8)10(17)15-11(6-16)2-1-3-11/h4-5,16H,1-3,6H2,(H,15,17). The van der Waals surface area contributed by atoms with Crippen molar-refractivity contribution < 1.29 is 9.90 Å². The molecule has 0 saturated heterocycles. The first kappa shape index (κ1) is 12.6. The number of pyridine rings is 1. The van der Waals surface area contributed by atoms with Gasteiger partial charge in [-0.15, -0.1) is 0 Å². The predicted octanol–water partition coefficient (Wildman–Crippen LogP) is 2.03. The van der Waals surface area contributed by atoms with E-state index >= 15 is 0 Å². The zero-order valence-electron chi connectivity index (χ0n) is 9.04. The summed E-state index contributed by atoms with van der Waals surface area (Å²) in [5.41, 5.74) is -0.206. The van der Waals surface area contributed by atoms with E-state index in [1.165, 1.54) is 12.3 Å². The lowest BCUT2D eigenvalue weighted by Crippen LogP contribution is -2.56. The Morgan fingerprint density at radius 1 is 1.53 bits per heavy atom. The summed E-state index contributed by atoms with van der Waals surface area (Å²) in [6.07, 6.45) is 3.91. The molecule has 0 unspecified atom stereocenters. The molecule has 0 atom stereocenters. The molecule has 1 saturated carbocycles. The number of nitrogens with one attached hydrogen (secondary N) is 1. The summed E-state index contributed by atoms with van der Waals surface area (Å²) in [6.45, 7) is -0.0603. The third kappa shape index (κ3) is 2.54. The number of aliphatic hydroxyl groups is 1. The molecule has 0 spiro atoms. The Morgan fingerprint density at radius 2 is 2.24 bits per heavy atom. The molecule has 2 N–H and O–H groups in total. The van der Waals surface area contributed by atoms with Gasteiger partial charge in [-0.1, -0.05) is 23.2 Å². The van der Waals surface area contributed by atoms with E-state index < -0.39 is 5.54 Å². The fraction of sp³-hybridized carbons (Fsp3) is 0.455. The molecular weight excluding hydrogens is 263 g/mol. The quantitative estimate of drug-likeness (QED) is 0.830. The first-order valence-corrected chi connectivity index (χ1v) is 6.06. The molecule has 1 heterocycles. The van der Waals surface area contributed by atoms with Crippen molar-refractivity contribution in [1.82, 2.24) is 10.3 Å². The maximum Gasteiger partial charge on any atom is 0.253 e. The monoisotopic (exact) mass is 274 g/mol. The van der Waals surface area contributed by atoms with Crippen LogP contribution >= 0.6 is 23.2 Å². The van der Waals surface area contributed by atoms with E-state index in [0.29, 0.717) is 0 Å². The van der Waals surface area contributed by atoms with Gasteiger partial charge in [0.15, 0.2) is 0 Å². The Hall–Kier alpha value is -0.840. The van der Waals surface area contributed by atoms with Gasteiger partial charge >= 0.3 is 0 Å². The molecule has 1 aliphatic rings. The van der Waals surface area contributed by atoms with Gasteiger partial charge in [0.2, 0.25) is 0 Å². The second kappa shape index (κ2) is 4.80. The summed E-state index contributed by atoms with van der Waals surface area (Å²) in [5.74, 6) is -0.326. The van der Waals surface area contributed by atoms with Gasteiger partial charge in [0.25, 0.3) is 5.91 Å². The predicted molar refractivity (Wildman–Crippen MR) is 65.4 cm³/mol. The topological polar surface area (TPSA) is 62.2 Å². The number of aromatic nitrogens is 1. The van der Waals surface area contributed by atoms with Crippen LogP contribution in [-0.4, -0.2) is 28.1 Å². The van der Waals surface area contributed by atoms with Crippen LogP contribution in [0.3, 0.4) is 0 Å². The summed E-state index contributed by atoms with van der Waals surface area (Å²) >= 11 is 11.6. The van der Waals surface area contributed by atoms with Crippen molar-refractivity contribution in [2.75, 3.05) is 6.61 Å². The van der Waals surface area contributed by atoms with E-state index in [9.17, 15) is 9.90 Å². The molecule has 17 heavy (non-hydrogen) atoms. The molecule has 0 aliphatic heterocycles. The SMILES string of the molecule is O=C(NC1(CO)CCC1)c1cc(Cl)ncc1Cl. The highest BCUT2D eigenvalue weighted by Gasteiger charge is 2.38. The minimum atomic E-state index is -0.490. The van der Waals surface area contributed by atoms with Crippen LogP contribution in [0.5, 0.6) is 0 Å². The van der Waals surface area contributed by atoms with E-state index in [1.54, 1.807) is 0 Å². The Labute approximate surface area is 109 Å². The van der Waals surface area contributed by atoms with E-state index in [1.807, 2.05) is 0 Å². The van der Waals surface area contributed by atoms with Crippen LogP contribution in [0.25, 0.3) is 0 Å². The van der Waals surface area contributed by atoms with Crippen LogP contribution < -0.4 is 5.32 Å². The number of hydrogen-bond acceptors (Lipinski definition) is 3. The number of amides is 1. The van der Waals surface area contributed by atoms with Crippen LogP contribution in [0, 0.1) is 0 Å². The molecule has 6 heteroatoms. The third-order valence-electron chi connectivity index (χ3n) is 3.06. The van der Waals surface area contributed by atoms with E-state index in [2.05, 4.69) is 10.3 Å². The summed E-state index contributed by atoms with van der Waals surface area (Å²) < 4.78 is 0. The van der Waals surface area contributed by atoms with Gasteiger partial charge in [-0.3, -0.25) is 4.79 Å². The smallest absolute Gasteiger partial charge is 0.253 e. The zero-order chi connectivity index (χ0) is 12.5. The molecule has 4 nitrogen and oxygen atoms in total. The van der Waals surface area contributed by atoms with Gasteiger partial charge in [0, 0.05) is 6.20 Å². The summed E-state index contributed by atoms with van der Waals surface area (Å²) in [5, 5.41) is 12.5. The molecule has 92 valence electrons. The highest BCUT2D eigenvalue weighted by molar-refractivity contribution is 6.35. The Kier molecular flexibility index (Phi) is 3.56. The van der Waals surface area contributed by atoms with E-state index in [-0.39, 0.29) is 28.3 Å². The first-order chi connectivity index (χ1) is 8.06. The molecule has 0 radical (unpaired) electrons. The Balaban J connectivity index is 2.17. The average Bonchev–Trinajstić information content (AvgIpc) is 2.26. The number of carbonyl (C=O) groups is 1. The van der Waals surface area contributed by atoms with Crippen LogP contribution in [0.4, 0.5) is 0 Å². The van der Waals surface area contributed by atoms with Crippen molar-refractivity contribution in [3.05, 3.63) is 28.0 Å². The lowest BCUT2D eigenvalue weighted by Gasteiger charge is -2.41. The fourth-order valence-corrected chi connectivity index (χ4v) is 2.17. The van der Waals surface area contributed by atoms with Crippen LogP contribution in [0.15, 0.2) is 12.3 Å². The molecule has 2 rings (SSSR count). The van der Waals surface area contributed by atoms with Gasteiger partial charge in [0.05, 0.1) is 22.7 Å². The Bertz CT molecular complexity index is 442. The van der Waals surface area contributed by atoms with Crippen molar-refractivity contribution in [3.8, 4) is 0 Å². The van der Waals surface area contributed by atoms with Gasteiger partial charge in [-0.25, -0.2) is 4.98 Å². The molecule has 0 bridgehead atoms. The summed E-state index contributed by atoms with van der Waals surface area (Å²) in [4.78, 5) is 15.8. The van der Waals surface area contributed by atoms with Crippen molar-refractivity contribution in [2.24, 2.45) is 0 Å². The largest absolute Gasteiger partial charge is 0.394 e. The minimum Gasteiger partial charge on any atom is -0.394 e. The van der Waals surface area contributed by atoms with Crippen LogP contribution in [0.1, 0.15) is 29.6 Å². The van der Waals surface area contributed by atoms with Gasteiger partial charge in [-0.2, -0.15) is 0 Å². The second-order valence-corrected chi connectivity index (χ2v) is 5.03. The Morgan fingerprint density at radius 3 is 2.76 bits per heavy atom. The number of aliphatic hydroxyl groups excluding tert-OH is 1. The molecular formula is C11H12Cl2N2O2. The van der Waals surface area contributed by atoms with Crippen molar-refractivity contribution in [1.29, 1.82) is 0 Å². The summed E-state index contributed by atoms with van der Waals surface area (Å²) in [6, 6.07) is 1.42. The zero-order valence-corrected chi connectivity index (χ0v) is 10.6. The number of halogens is 2. The van der Waals surface area contributed by atoms with E-state index in [4.69, 9.17) is 23.2 Å². The average molecular weight is 275 g/mol. The molecule has 1 aromatic heterocycles. The van der Waals surface area contributed by atoms with E-state index in [0.717, 1.165) is 19.3 Å². The summed E-state index contributed by atoms with van der Waals surface area (Å²) in [7, 11) is 0. The lowest BCUT2D eigenvalue weighted by molar-refractivity contribution is 0.0641. The molecule has 0 aromatic carbocycles. The van der Waals surface area contributed by atoms with Gasteiger partial charge in [0.1, 0.15) is 5.15 Å². The molecule has 1 aliphatic carbocycles. The fourth-order valence-electron chi connectivity index (χ4n) is 1.82. The second-order valence-electron chi connectivity index (χ2n) is 4.23. The highest BCUT2D eigenvalue weighted by atomic mass is 35.5. The number of nitrogens with zero attached hydrogens (tertiary/aromatic N) is 1. The lowest BCUT2D eigenvalue weighted by atomic mass is 9.77. The number of hydrogen-bond donors (Lipinski definition) is 2. The van der Waals surface area contributed by atoms with Crippen LogP contribution in [0.2, 0.25) is 10.2 Å². The third-order valence-corrected chi connectivity index (χ3v) is 3.57. The molecule has 1 fully saturated rings. The first-order valence-electron chi connectivity index (χ1n) is 5.31. The number of rotatable bonds is 3. The minimum absolute atomic E-state index is 0.0603. The van der Waals surface area contributed by atoms with Gasteiger partial charge < -0.3 is 10.4 Å². The maximum absolute atomic E-state index is 12.0. The van der Waals surface area contributed by atoms with Crippen molar-refractivity contribution >= 4 is 29.1 Å². The van der Waals surface area contributed by atoms with Gasteiger partial charge in [-0.05, 0) is 25.3 Å². The molecule has 1 aromatic rings. The normalized spacial score (nSPS) is 17.4.